The van der Waals surface area contributed by atoms with Gasteiger partial charge in [-0.05, 0) is 62.0 Å². The monoisotopic (exact) mass is 446 g/mol. The van der Waals surface area contributed by atoms with E-state index in [1.807, 2.05) is 43.4 Å². The van der Waals surface area contributed by atoms with Gasteiger partial charge in [0.25, 0.3) is 5.91 Å². The SMILES string of the molecule is Cl.Cn1nc(C(=O)NCC2CCN(CCc3ccc(Cl)cc3)CC2)c2ccccc21. The first-order valence-corrected chi connectivity index (χ1v) is 10.6. The van der Waals surface area contributed by atoms with Gasteiger partial charge in [0.15, 0.2) is 5.69 Å². The Balaban J connectivity index is 0.00000256. The van der Waals surface area contributed by atoms with Gasteiger partial charge in [-0.15, -0.1) is 12.4 Å². The van der Waals surface area contributed by atoms with E-state index in [-0.39, 0.29) is 18.3 Å². The van der Waals surface area contributed by atoms with Gasteiger partial charge in [-0.3, -0.25) is 9.48 Å². The van der Waals surface area contributed by atoms with E-state index in [9.17, 15) is 4.79 Å². The summed E-state index contributed by atoms with van der Waals surface area (Å²) in [6.07, 6.45) is 3.28. The van der Waals surface area contributed by atoms with E-state index in [1.54, 1.807) is 4.68 Å². The van der Waals surface area contributed by atoms with Crippen LogP contribution in [0.3, 0.4) is 0 Å². The number of fused-ring (bicyclic) bond motifs is 1. The first-order chi connectivity index (χ1) is 14.1. The van der Waals surface area contributed by atoms with Crippen LogP contribution >= 0.6 is 24.0 Å². The van der Waals surface area contributed by atoms with E-state index in [1.165, 1.54) is 5.56 Å². The minimum atomic E-state index is -0.0769. The van der Waals surface area contributed by atoms with Gasteiger partial charge in [-0.25, -0.2) is 0 Å². The number of benzene rings is 2. The molecule has 7 heteroatoms. The maximum Gasteiger partial charge on any atom is 0.272 e. The highest BCUT2D eigenvalue weighted by atomic mass is 35.5. The molecule has 3 aromatic rings. The summed E-state index contributed by atoms with van der Waals surface area (Å²) in [4.78, 5) is 15.2. The van der Waals surface area contributed by atoms with Crippen LogP contribution in [0.25, 0.3) is 10.9 Å². The maximum absolute atomic E-state index is 12.7. The molecule has 1 N–H and O–H groups in total. The van der Waals surface area contributed by atoms with Crippen molar-refractivity contribution >= 4 is 40.8 Å². The maximum atomic E-state index is 12.7. The molecule has 1 fully saturated rings. The predicted molar refractivity (Wildman–Crippen MR) is 125 cm³/mol. The van der Waals surface area contributed by atoms with E-state index in [0.717, 1.165) is 61.4 Å². The minimum Gasteiger partial charge on any atom is -0.350 e. The van der Waals surface area contributed by atoms with Crippen LogP contribution < -0.4 is 5.32 Å². The number of para-hydroxylation sites is 1. The Labute approximate surface area is 188 Å². The average molecular weight is 447 g/mol. The number of amides is 1. The fraction of sp³-hybridized carbons (Fsp3) is 0.391. The Kier molecular flexibility index (Phi) is 7.75. The second-order valence-corrected chi connectivity index (χ2v) is 8.30. The van der Waals surface area contributed by atoms with Crippen LogP contribution in [-0.2, 0) is 13.5 Å². The van der Waals surface area contributed by atoms with Crippen molar-refractivity contribution in [2.75, 3.05) is 26.2 Å². The molecule has 1 saturated heterocycles. The lowest BCUT2D eigenvalue weighted by atomic mass is 9.96. The van der Waals surface area contributed by atoms with Gasteiger partial charge in [0.2, 0.25) is 0 Å². The molecular formula is C23H28Cl2N4O. The molecule has 0 saturated carbocycles. The molecule has 0 unspecified atom stereocenters. The van der Waals surface area contributed by atoms with Gasteiger partial charge >= 0.3 is 0 Å². The number of nitrogens with zero attached hydrogens (tertiary/aromatic N) is 3. The zero-order valence-corrected chi connectivity index (χ0v) is 18.8. The number of carbonyl (C=O) groups is 1. The zero-order chi connectivity index (χ0) is 20.2. The highest BCUT2D eigenvalue weighted by Crippen LogP contribution is 2.19. The molecule has 2 aromatic carbocycles. The van der Waals surface area contributed by atoms with Gasteiger partial charge < -0.3 is 10.2 Å². The molecule has 4 rings (SSSR count). The number of aryl methyl sites for hydroxylation is 1. The zero-order valence-electron chi connectivity index (χ0n) is 17.2. The van der Waals surface area contributed by atoms with Crippen molar-refractivity contribution in [2.45, 2.75) is 19.3 Å². The largest absolute Gasteiger partial charge is 0.350 e. The van der Waals surface area contributed by atoms with Crippen molar-refractivity contribution < 1.29 is 4.79 Å². The van der Waals surface area contributed by atoms with E-state index >= 15 is 0 Å². The van der Waals surface area contributed by atoms with Gasteiger partial charge in [0.1, 0.15) is 0 Å². The van der Waals surface area contributed by atoms with E-state index in [4.69, 9.17) is 11.6 Å². The molecule has 5 nitrogen and oxygen atoms in total. The molecule has 0 aliphatic carbocycles. The minimum absolute atomic E-state index is 0. The van der Waals surface area contributed by atoms with Crippen LogP contribution in [-0.4, -0.2) is 46.8 Å². The van der Waals surface area contributed by atoms with E-state index < -0.39 is 0 Å². The van der Waals surface area contributed by atoms with Gasteiger partial charge in [0, 0.05) is 30.5 Å². The molecule has 160 valence electrons. The van der Waals surface area contributed by atoms with Crippen LogP contribution in [0.15, 0.2) is 48.5 Å². The topological polar surface area (TPSA) is 50.2 Å². The molecule has 30 heavy (non-hydrogen) atoms. The number of nitrogens with one attached hydrogen (secondary N) is 1. The normalized spacial score (nSPS) is 15.1. The van der Waals surface area contributed by atoms with Crippen LogP contribution in [0, 0.1) is 5.92 Å². The average Bonchev–Trinajstić information content (AvgIpc) is 3.09. The highest BCUT2D eigenvalue weighted by Gasteiger charge is 2.21. The summed E-state index contributed by atoms with van der Waals surface area (Å²) in [5.74, 6) is 0.452. The van der Waals surface area contributed by atoms with Crippen molar-refractivity contribution in [3.63, 3.8) is 0 Å². The summed E-state index contributed by atoms with van der Waals surface area (Å²) >= 11 is 5.95. The highest BCUT2D eigenvalue weighted by molar-refractivity contribution is 6.30. The third kappa shape index (κ3) is 5.34. The van der Waals surface area contributed by atoms with Crippen molar-refractivity contribution in [2.24, 2.45) is 13.0 Å². The molecule has 0 bridgehead atoms. The van der Waals surface area contributed by atoms with Gasteiger partial charge in [-0.2, -0.15) is 5.10 Å². The van der Waals surface area contributed by atoms with E-state index in [2.05, 4.69) is 27.4 Å². The number of hydrogen-bond acceptors (Lipinski definition) is 3. The Morgan fingerprint density at radius 1 is 1.13 bits per heavy atom. The Morgan fingerprint density at radius 2 is 1.83 bits per heavy atom. The summed E-state index contributed by atoms with van der Waals surface area (Å²) in [7, 11) is 1.87. The molecule has 1 aliphatic heterocycles. The second kappa shape index (κ2) is 10.3. The van der Waals surface area contributed by atoms with Crippen LogP contribution in [0.4, 0.5) is 0 Å². The standard InChI is InChI=1S/C23H27ClN4O.ClH/c1-27-21-5-3-2-4-20(21)22(26-27)23(29)25-16-18-11-14-28(15-12-18)13-10-17-6-8-19(24)9-7-17;/h2-9,18H,10-16H2,1H3,(H,25,29);1H. The first kappa shape index (κ1) is 22.6. The third-order valence-corrected chi connectivity index (χ3v) is 6.11. The summed E-state index contributed by atoms with van der Waals surface area (Å²) in [6.45, 7) is 3.96. The van der Waals surface area contributed by atoms with Crippen LogP contribution in [0.2, 0.25) is 5.02 Å². The first-order valence-electron chi connectivity index (χ1n) is 10.3. The number of piperidine rings is 1. The summed E-state index contributed by atoms with van der Waals surface area (Å²) in [5, 5.41) is 9.21. The predicted octanol–water partition coefficient (Wildman–Crippen LogP) is 4.33. The number of rotatable bonds is 6. The van der Waals surface area contributed by atoms with Gasteiger partial charge in [-0.1, -0.05) is 41.9 Å². The van der Waals surface area contributed by atoms with Crippen molar-refractivity contribution in [1.82, 2.24) is 20.0 Å². The molecular weight excluding hydrogens is 419 g/mol. The third-order valence-electron chi connectivity index (χ3n) is 5.86. The Hall–Kier alpha value is -2.08. The van der Waals surface area contributed by atoms with Crippen LogP contribution in [0.5, 0.6) is 0 Å². The number of likely N-dealkylation sites (tertiary alicyclic amines) is 1. The van der Waals surface area contributed by atoms with Crippen molar-refractivity contribution in [3.05, 3.63) is 64.8 Å². The lowest BCUT2D eigenvalue weighted by Gasteiger charge is -2.32. The lowest BCUT2D eigenvalue weighted by Crippen LogP contribution is -2.39. The number of halogens is 2. The molecule has 2 heterocycles. The molecule has 0 spiro atoms. The summed E-state index contributed by atoms with van der Waals surface area (Å²) in [5.41, 5.74) is 2.82. The number of aromatic nitrogens is 2. The fourth-order valence-electron chi connectivity index (χ4n) is 4.05. The molecule has 0 atom stereocenters. The van der Waals surface area contributed by atoms with Crippen molar-refractivity contribution in [3.8, 4) is 0 Å². The fourth-order valence-corrected chi connectivity index (χ4v) is 4.18. The molecule has 0 radical (unpaired) electrons. The Morgan fingerprint density at radius 3 is 2.57 bits per heavy atom. The molecule has 1 aliphatic rings. The van der Waals surface area contributed by atoms with Crippen molar-refractivity contribution in [1.29, 1.82) is 0 Å². The second-order valence-electron chi connectivity index (χ2n) is 7.86. The summed E-state index contributed by atoms with van der Waals surface area (Å²) in [6, 6.07) is 16.0. The molecule has 1 amide bonds. The Bertz CT molecular complexity index is 979. The van der Waals surface area contributed by atoms with E-state index in [0.29, 0.717) is 11.6 Å². The number of carbonyl (C=O) groups excluding carboxylic acids is 1. The number of hydrogen-bond donors (Lipinski definition) is 1. The lowest BCUT2D eigenvalue weighted by molar-refractivity contribution is 0.0932. The van der Waals surface area contributed by atoms with Gasteiger partial charge in [0.05, 0.1) is 5.52 Å². The summed E-state index contributed by atoms with van der Waals surface area (Å²) < 4.78 is 1.77. The molecule has 1 aromatic heterocycles. The quantitative estimate of drug-likeness (QED) is 0.612. The van der Waals surface area contributed by atoms with Crippen LogP contribution in [0.1, 0.15) is 28.9 Å². The smallest absolute Gasteiger partial charge is 0.272 e.